The van der Waals surface area contributed by atoms with Gasteiger partial charge in [0.25, 0.3) is 0 Å². The van der Waals surface area contributed by atoms with Gasteiger partial charge in [0, 0.05) is 0 Å². The molecule has 2 aromatic rings. The van der Waals surface area contributed by atoms with Gasteiger partial charge in [0.05, 0.1) is 11.7 Å². The van der Waals surface area contributed by atoms with E-state index in [1.165, 1.54) is 0 Å². The van der Waals surface area contributed by atoms with E-state index in [9.17, 15) is 22.7 Å². The third kappa shape index (κ3) is 4.04. The lowest BCUT2D eigenvalue weighted by atomic mass is 9.96. The van der Waals surface area contributed by atoms with Gasteiger partial charge in [-0.05, 0) is 42.2 Å². The number of benzene rings is 2. The first-order chi connectivity index (χ1) is 9.88. The SMILES string of the molecule is OC(CCc1ccccc1)c1cc(F)ccc1C(F)(F)F. The molecule has 1 atom stereocenters. The van der Waals surface area contributed by atoms with E-state index in [-0.39, 0.29) is 6.42 Å². The molecule has 0 spiro atoms. The van der Waals surface area contributed by atoms with E-state index in [1.807, 2.05) is 30.3 Å². The molecule has 0 radical (unpaired) electrons. The fourth-order valence-corrected chi connectivity index (χ4v) is 2.17. The maximum Gasteiger partial charge on any atom is 0.416 e. The van der Waals surface area contributed by atoms with Crippen molar-refractivity contribution in [2.24, 2.45) is 0 Å². The number of hydrogen-bond acceptors (Lipinski definition) is 1. The van der Waals surface area contributed by atoms with Crippen LogP contribution in [0.4, 0.5) is 17.6 Å². The van der Waals surface area contributed by atoms with Gasteiger partial charge < -0.3 is 5.11 Å². The molecule has 0 saturated heterocycles. The molecule has 0 bridgehead atoms. The van der Waals surface area contributed by atoms with Gasteiger partial charge in [-0.2, -0.15) is 13.2 Å². The van der Waals surface area contributed by atoms with Crippen molar-refractivity contribution in [2.75, 3.05) is 0 Å². The standard InChI is InChI=1S/C16H14F4O/c17-12-7-8-14(16(18,19)20)13(10-12)15(21)9-6-11-4-2-1-3-5-11/h1-5,7-8,10,15,21H,6,9H2. The molecule has 1 unspecified atom stereocenters. The van der Waals surface area contributed by atoms with Crippen LogP contribution < -0.4 is 0 Å². The Kier molecular flexibility index (Phi) is 4.63. The molecule has 2 aromatic carbocycles. The van der Waals surface area contributed by atoms with Gasteiger partial charge >= 0.3 is 6.18 Å². The second-order valence-corrected chi connectivity index (χ2v) is 4.77. The van der Waals surface area contributed by atoms with E-state index in [0.29, 0.717) is 12.5 Å². The van der Waals surface area contributed by atoms with Gasteiger partial charge in [0.2, 0.25) is 0 Å². The smallest absolute Gasteiger partial charge is 0.388 e. The second-order valence-electron chi connectivity index (χ2n) is 4.77. The van der Waals surface area contributed by atoms with Gasteiger partial charge in [0.1, 0.15) is 5.82 Å². The molecule has 1 N–H and O–H groups in total. The molecule has 0 aliphatic carbocycles. The Balaban J connectivity index is 2.18. The summed E-state index contributed by atoms with van der Waals surface area (Å²) in [5.74, 6) is -0.795. The minimum Gasteiger partial charge on any atom is -0.388 e. The minimum atomic E-state index is -4.61. The molecule has 5 heteroatoms. The van der Waals surface area contributed by atoms with Crippen LogP contribution in [-0.4, -0.2) is 5.11 Å². The predicted molar refractivity (Wildman–Crippen MR) is 71.1 cm³/mol. The summed E-state index contributed by atoms with van der Waals surface area (Å²) in [4.78, 5) is 0. The number of rotatable bonds is 4. The van der Waals surface area contributed by atoms with Crippen LogP contribution >= 0.6 is 0 Å². The summed E-state index contributed by atoms with van der Waals surface area (Å²) in [6, 6.07) is 11.3. The topological polar surface area (TPSA) is 20.2 Å². The average molecular weight is 298 g/mol. The summed E-state index contributed by atoms with van der Waals surface area (Å²) in [5, 5.41) is 9.98. The first-order valence-electron chi connectivity index (χ1n) is 6.46. The highest BCUT2D eigenvalue weighted by Gasteiger charge is 2.35. The van der Waals surface area contributed by atoms with Gasteiger partial charge in [-0.1, -0.05) is 30.3 Å². The largest absolute Gasteiger partial charge is 0.416 e. The van der Waals surface area contributed by atoms with Crippen LogP contribution in [0.1, 0.15) is 29.2 Å². The molecule has 0 fully saturated rings. The number of hydrogen-bond donors (Lipinski definition) is 1. The van der Waals surface area contributed by atoms with E-state index >= 15 is 0 Å². The van der Waals surface area contributed by atoms with E-state index in [1.54, 1.807) is 0 Å². The zero-order valence-electron chi connectivity index (χ0n) is 11.1. The normalized spacial score (nSPS) is 13.2. The molecular formula is C16H14F4O. The van der Waals surface area contributed by atoms with Crippen molar-refractivity contribution in [3.8, 4) is 0 Å². The Morgan fingerprint density at radius 3 is 2.29 bits per heavy atom. The fourth-order valence-electron chi connectivity index (χ4n) is 2.17. The lowest BCUT2D eigenvalue weighted by Gasteiger charge is -2.17. The second kappa shape index (κ2) is 6.26. The molecule has 0 heterocycles. The Hall–Kier alpha value is -1.88. The summed E-state index contributed by atoms with van der Waals surface area (Å²) in [5.41, 5.74) is -0.510. The maximum atomic E-state index is 13.2. The maximum absolute atomic E-state index is 13.2. The molecule has 0 saturated carbocycles. The first-order valence-corrected chi connectivity index (χ1v) is 6.46. The quantitative estimate of drug-likeness (QED) is 0.823. The van der Waals surface area contributed by atoms with E-state index < -0.39 is 29.2 Å². The Bertz CT molecular complexity index is 593. The Morgan fingerprint density at radius 1 is 1.00 bits per heavy atom. The van der Waals surface area contributed by atoms with Crippen molar-refractivity contribution >= 4 is 0 Å². The number of alkyl halides is 3. The average Bonchev–Trinajstić information content (AvgIpc) is 2.44. The van der Waals surface area contributed by atoms with Crippen molar-refractivity contribution in [1.29, 1.82) is 0 Å². The van der Waals surface area contributed by atoms with E-state index in [4.69, 9.17) is 0 Å². The van der Waals surface area contributed by atoms with E-state index in [2.05, 4.69) is 0 Å². The Labute approximate surface area is 119 Å². The van der Waals surface area contributed by atoms with Crippen molar-refractivity contribution in [3.05, 3.63) is 71.0 Å². The summed E-state index contributed by atoms with van der Waals surface area (Å²) >= 11 is 0. The van der Waals surface area contributed by atoms with Crippen LogP contribution in [0.5, 0.6) is 0 Å². The van der Waals surface area contributed by atoms with Crippen molar-refractivity contribution in [2.45, 2.75) is 25.1 Å². The number of aryl methyl sites for hydroxylation is 1. The van der Waals surface area contributed by atoms with Crippen LogP contribution in [0.2, 0.25) is 0 Å². The molecular weight excluding hydrogens is 284 g/mol. The zero-order chi connectivity index (χ0) is 15.5. The van der Waals surface area contributed by atoms with Crippen molar-refractivity contribution in [1.82, 2.24) is 0 Å². The highest BCUT2D eigenvalue weighted by atomic mass is 19.4. The van der Waals surface area contributed by atoms with Gasteiger partial charge in [-0.3, -0.25) is 0 Å². The molecule has 112 valence electrons. The first kappa shape index (κ1) is 15.5. The highest BCUT2D eigenvalue weighted by molar-refractivity contribution is 5.32. The van der Waals surface area contributed by atoms with Crippen LogP contribution in [0.25, 0.3) is 0 Å². The van der Waals surface area contributed by atoms with Crippen LogP contribution in [-0.2, 0) is 12.6 Å². The van der Waals surface area contributed by atoms with Crippen molar-refractivity contribution < 1.29 is 22.7 Å². The molecule has 2 rings (SSSR count). The molecule has 0 amide bonds. The zero-order valence-corrected chi connectivity index (χ0v) is 11.1. The van der Waals surface area contributed by atoms with E-state index in [0.717, 1.165) is 17.7 Å². The highest BCUT2D eigenvalue weighted by Crippen LogP contribution is 2.36. The number of aliphatic hydroxyl groups excluding tert-OH is 1. The summed E-state index contributed by atoms with van der Waals surface area (Å²) in [6.07, 6.45) is -5.47. The van der Waals surface area contributed by atoms with Crippen molar-refractivity contribution in [3.63, 3.8) is 0 Å². The minimum absolute atomic E-state index is 0.0938. The van der Waals surface area contributed by atoms with Gasteiger partial charge in [0.15, 0.2) is 0 Å². The fraction of sp³-hybridized carbons (Fsp3) is 0.250. The third-order valence-electron chi connectivity index (χ3n) is 3.23. The monoisotopic (exact) mass is 298 g/mol. The van der Waals surface area contributed by atoms with Crippen LogP contribution in [0.3, 0.4) is 0 Å². The number of halogens is 4. The lowest BCUT2D eigenvalue weighted by Crippen LogP contribution is -2.13. The van der Waals surface area contributed by atoms with Gasteiger partial charge in [-0.15, -0.1) is 0 Å². The Morgan fingerprint density at radius 2 is 1.67 bits per heavy atom. The summed E-state index contributed by atoms with van der Waals surface area (Å²) < 4.78 is 51.8. The van der Waals surface area contributed by atoms with Crippen LogP contribution in [0, 0.1) is 5.82 Å². The summed E-state index contributed by atoms with van der Waals surface area (Å²) in [7, 11) is 0. The lowest BCUT2D eigenvalue weighted by molar-refractivity contribution is -0.139. The molecule has 0 aromatic heterocycles. The van der Waals surface area contributed by atoms with Crippen LogP contribution in [0.15, 0.2) is 48.5 Å². The predicted octanol–water partition coefficient (Wildman–Crippen LogP) is 4.51. The summed E-state index contributed by atoms with van der Waals surface area (Å²) in [6.45, 7) is 0. The number of aliphatic hydroxyl groups is 1. The molecule has 0 aliphatic rings. The molecule has 1 nitrogen and oxygen atoms in total. The molecule has 0 aliphatic heterocycles. The molecule has 21 heavy (non-hydrogen) atoms. The van der Waals surface area contributed by atoms with Gasteiger partial charge in [-0.25, -0.2) is 4.39 Å². The third-order valence-corrected chi connectivity index (χ3v) is 3.23.